The number of nitrogens with one attached hydrogen (secondary N) is 2. The molecule has 1 saturated heterocycles. The fourth-order valence-corrected chi connectivity index (χ4v) is 2.08. The predicted molar refractivity (Wildman–Crippen MR) is 73.8 cm³/mol. The summed E-state index contributed by atoms with van der Waals surface area (Å²) in [6.45, 7) is 6.47. The molecule has 1 aliphatic heterocycles. The van der Waals surface area contributed by atoms with Crippen molar-refractivity contribution in [2.75, 3.05) is 32.0 Å². The highest BCUT2D eigenvalue weighted by Gasteiger charge is 2.22. The van der Waals surface area contributed by atoms with Crippen molar-refractivity contribution in [3.05, 3.63) is 29.3 Å². The van der Waals surface area contributed by atoms with E-state index in [0.717, 1.165) is 24.3 Å². The maximum Gasteiger partial charge on any atom is 0.238 e. The molecule has 18 heavy (non-hydrogen) atoms. The smallest absolute Gasteiger partial charge is 0.238 e. The summed E-state index contributed by atoms with van der Waals surface area (Å²) in [5, 5.41) is 6.18. The van der Waals surface area contributed by atoms with Gasteiger partial charge in [-0.1, -0.05) is 17.7 Å². The van der Waals surface area contributed by atoms with Gasteiger partial charge >= 0.3 is 0 Å². The van der Waals surface area contributed by atoms with Crippen LogP contribution < -0.4 is 10.6 Å². The highest BCUT2D eigenvalue weighted by molar-refractivity contribution is 5.93. The molecule has 0 atom stereocenters. The molecule has 1 amide bonds. The number of benzene rings is 1. The first-order chi connectivity index (χ1) is 8.56. The van der Waals surface area contributed by atoms with Crippen molar-refractivity contribution in [2.45, 2.75) is 19.9 Å². The Labute approximate surface area is 108 Å². The summed E-state index contributed by atoms with van der Waals surface area (Å²) in [7, 11) is 1.99. The molecule has 1 aliphatic rings. The third-order valence-corrected chi connectivity index (χ3v) is 3.43. The van der Waals surface area contributed by atoms with Gasteiger partial charge in [0.1, 0.15) is 0 Å². The van der Waals surface area contributed by atoms with Gasteiger partial charge < -0.3 is 10.6 Å². The Hall–Kier alpha value is -1.39. The van der Waals surface area contributed by atoms with E-state index in [1.165, 1.54) is 5.56 Å². The maximum atomic E-state index is 11.9. The normalized spacial score (nSPS) is 15.6. The van der Waals surface area contributed by atoms with Crippen molar-refractivity contribution in [1.29, 1.82) is 0 Å². The van der Waals surface area contributed by atoms with Crippen LogP contribution in [0.1, 0.15) is 11.1 Å². The lowest BCUT2D eigenvalue weighted by molar-refractivity contribution is -0.117. The third-order valence-electron chi connectivity index (χ3n) is 3.43. The molecule has 98 valence electrons. The number of amides is 1. The van der Waals surface area contributed by atoms with Gasteiger partial charge in [-0.2, -0.15) is 0 Å². The Kier molecular flexibility index (Phi) is 3.99. The standard InChI is InChI=1S/C14H21N3O/c1-10-4-5-13(11(2)6-10)16-14(18)9-17(3)12-7-15-8-12/h4-6,12,15H,7-9H2,1-3H3,(H,16,18). The van der Waals surface area contributed by atoms with Gasteiger partial charge in [-0.15, -0.1) is 0 Å². The molecular formula is C14H21N3O. The molecule has 4 heteroatoms. The molecule has 1 fully saturated rings. The van der Waals surface area contributed by atoms with E-state index in [-0.39, 0.29) is 5.91 Å². The van der Waals surface area contributed by atoms with E-state index < -0.39 is 0 Å². The number of rotatable bonds is 4. The molecule has 4 nitrogen and oxygen atoms in total. The van der Waals surface area contributed by atoms with Crippen molar-refractivity contribution in [1.82, 2.24) is 10.2 Å². The fraction of sp³-hybridized carbons (Fsp3) is 0.500. The van der Waals surface area contributed by atoms with Gasteiger partial charge in [-0.25, -0.2) is 0 Å². The summed E-state index contributed by atoms with van der Waals surface area (Å²) in [6.07, 6.45) is 0. The fourth-order valence-electron chi connectivity index (χ4n) is 2.08. The zero-order valence-electron chi connectivity index (χ0n) is 11.3. The number of aryl methyl sites for hydroxylation is 2. The minimum atomic E-state index is 0.0522. The lowest BCUT2D eigenvalue weighted by Crippen LogP contribution is -2.57. The van der Waals surface area contributed by atoms with E-state index in [1.54, 1.807) is 0 Å². The summed E-state index contributed by atoms with van der Waals surface area (Å²) in [4.78, 5) is 14.0. The van der Waals surface area contributed by atoms with Gasteiger partial charge in [-0.05, 0) is 32.5 Å². The van der Waals surface area contributed by atoms with Crippen molar-refractivity contribution < 1.29 is 4.79 Å². The maximum absolute atomic E-state index is 11.9. The van der Waals surface area contributed by atoms with E-state index in [4.69, 9.17) is 0 Å². The average molecular weight is 247 g/mol. The largest absolute Gasteiger partial charge is 0.325 e. The lowest BCUT2D eigenvalue weighted by Gasteiger charge is -2.35. The summed E-state index contributed by atoms with van der Waals surface area (Å²) in [6, 6.07) is 6.56. The Bertz CT molecular complexity index is 441. The number of hydrogen-bond acceptors (Lipinski definition) is 3. The number of carbonyl (C=O) groups excluding carboxylic acids is 1. The molecule has 0 aromatic heterocycles. The highest BCUT2D eigenvalue weighted by atomic mass is 16.2. The van der Waals surface area contributed by atoms with Crippen LogP contribution in [0.4, 0.5) is 5.69 Å². The van der Waals surface area contributed by atoms with Crippen LogP contribution in [0.15, 0.2) is 18.2 Å². The van der Waals surface area contributed by atoms with Gasteiger partial charge in [0.05, 0.1) is 6.54 Å². The van der Waals surface area contributed by atoms with Crippen LogP contribution >= 0.6 is 0 Å². The molecule has 0 unspecified atom stereocenters. The van der Waals surface area contributed by atoms with Gasteiger partial charge in [0.2, 0.25) is 5.91 Å². The van der Waals surface area contributed by atoms with Crippen molar-refractivity contribution in [3.8, 4) is 0 Å². The first kappa shape index (κ1) is 13.1. The molecule has 0 aliphatic carbocycles. The molecule has 2 rings (SSSR count). The summed E-state index contributed by atoms with van der Waals surface area (Å²) < 4.78 is 0. The average Bonchev–Trinajstić information content (AvgIpc) is 2.19. The molecular weight excluding hydrogens is 226 g/mol. The second-order valence-corrected chi connectivity index (χ2v) is 5.09. The predicted octanol–water partition coefficient (Wildman–Crippen LogP) is 1.15. The van der Waals surface area contributed by atoms with E-state index in [9.17, 15) is 4.79 Å². The number of likely N-dealkylation sites (N-methyl/N-ethyl adjacent to an activating group) is 1. The second kappa shape index (κ2) is 5.50. The zero-order valence-corrected chi connectivity index (χ0v) is 11.3. The lowest BCUT2D eigenvalue weighted by atomic mass is 10.1. The van der Waals surface area contributed by atoms with Crippen LogP contribution in [0.5, 0.6) is 0 Å². The first-order valence-electron chi connectivity index (χ1n) is 6.34. The summed E-state index contributed by atoms with van der Waals surface area (Å²) in [5.74, 6) is 0.0522. The quantitative estimate of drug-likeness (QED) is 0.839. The number of nitrogens with zero attached hydrogens (tertiary/aromatic N) is 1. The highest BCUT2D eigenvalue weighted by Crippen LogP contribution is 2.16. The minimum absolute atomic E-state index is 0.0522. The molecule has 0 spiro atoms. The minimum Gasteiger partial charge on any atom is -0.325 e. The van der Waals surface area contributed by atoms with Crippen LogP contribution in [0, 0.1) is 13.8 Å². The summed E-state index contributed by atoms with van der Waals surface area (Å²) >= 11 is 0. The molecule has 0 saturated carbocycles. The number of anilines is 1. The monoisotopic (exact) mass is 247 g/mol. The molecule has 1 heterocycles. The van der Waals surface area contributed by atoms with Gasteiger partial charge in [0, 0.05) is 24.8 Å². The third kappa shape index (κ3) is 3.09. The second-order valence-electron chi connectivity index (χ2n) is 5.09. The Morgan fingerprint density at radius 3 is 2.72 bits per heavy atom. The Morgan fingerprint density at radius 2 is 2.17 bits per heavy atom. The first-order valence-corrected chi connectivity index (χ1v) is 6.34. The van der Waals surface area contributed by atoms with Crippen LogP contribution in [0.2, 0.25) is 0 Å². The van der Waals surface area contributed by atoms with Crippen LogP contribution in [-0.4, -0.2) is 43.5 Å². The van der Waals surface area contributed by atoms with Gasteiger partial charge in [0.25, 0.3) is 0 Å². The topological polar surface area (TPSA) is 44.4 Å². The number of carbonyl (C=O) groups is 1. The van der Waals surface area contributed by atoms with E-state index in [2.05, 4.69) is 28.5 Å². The zero-order chi connectivity index (χ0) is 13.1. The molecule has 0 bridgehead atoms. The number of hydrogen-bond donors (Lipinski definition) is 2. The van der Waals surface area contributed by atoms with Gasteiger partial charge in [0.15, 0.2) is 0 Å². The van der Waals surface area contributed by atoms with E-state index >= 15 is 0 Å². The molecule has 1 aromatic carbocycles. The van der Waals surface area contributed by atoms with Crippen LogP contribution in [0.25, 0.3) is 0 Å². The van der Waals surface area contributed by atoms with Crippen LogP contribution in [0.3, 0.4) is 0 Å². The van der Waals surface area contributed by atoms with E-state index in [0.29, 0.717) is 12.6 Å². The van der Waals surface area contributed by atoms with Crippen molar-refractivity contribution >= 4 is 11.6 Å². The Morgan fingerprint density at radius 1 is 1.44 bits per heavy atom. The van der Waals surface area contributed by atoms with Crippen molar-refractivity contribution in [3.63, 3.8) is 0 Å². The van der Waals surface area contributed by atoms with Crippen LogP contribution in [-0.2, 0) is 4.79 Å². The van der Waals surface area contributed by atoms with Gasteiger partial charge in [-0.3, -0.25) is 9.69 Å². The SMILES string of the molecule is Cc1ccc(NC(=O)CN(C)C2CNC2)c(C)c1. The molecule has 1 aromatic rings. The van der Waals surface area contributed by atoms with E-state index in [1.807, 2.05) is 26.1 Å². The van der Waals surface area contributed by atoms with Crippen molar-refractivity contribution in [2.24, 2.45) is 0 Å². The molecule has 2 N–H and O–H groups in total. The Balaban J connectivity index is 1.90. The molecule has 0 radical (unpaired) electrons. The summed E-state index contributed by atoms with van der Waals surface area (Å²) in [5.41, 5.74) is 3.23.